The van der Waals surface area contributed by atoms with Crippen LogP contribution in [0.15, 0.2) is 15.0 Å². The maximum absolute atomic E-state index is 5.86. The average Bonchev–Trinajstić information content (AvgIpc) is 2.19. The molecule has 2 rings (SSSR count). The smallest absolute Gasteiger partial charge is 0.167 e. The van der Waals surface area contributed by atoms with Crippen molar-refractivity contribution in [2.24, 2.45) is 0 Å². The van der Waals surface area contributed by atoms with Crippen molar-refractivity contribution in [2.45, 2.75) is 0 Å². The number of nitrogens with two attached hydrogens (primary N) is 1. The van der Waals surface area contributed by atoms with E-state index < -0.39 is 0 Å². The van der Waals surface area contributed by atoms with E-state index in [9.17, 15) is 0 Å². The summed E-state index contributed by atoms with van der Waals surface area (Å²) in [5, 5.41) is 0.308. The monoisotopic (exact) mass is 369 g/mol. The zero-order valence-corrected chi connectivity index (χ0v) is 11.7. The van der Waals surface area contributed by atoms with Gasteiger partial charge in [0.25, 0.3) is 0 Å². The molecule has 1 aromatic carbocycles. The summed E-state index contributed by atoms with van der Waals surface area (Å²) in [5.41, 5.74) is 7.46. The van der Waals surface area contributed by atoms with Crippen molar-refractivity contribution >= 4 is 71.8 Å². The molecule has 0 bridgehead atoms. The second-order valence-corrected chi connectivity index (χ2v) is 5.12. The topological polar surface area (TPSA) is 51.8 Å². The van der Waals surface area contributed by atoms with Gasteiger partial charge in [-0.25, -0.2) is 9.97 Å². The Morgan fingerprint density at radius 3 is 2.40 bits per heavy atom. The third-order valence-corrected chi connectivity index (χ3v) is 4.44. The third kappa shape index (κ3) is 1.93. The molecule has 78 valence electrons. The quantitative estimate of drug-likeness (QED) is 0.711. The first-order valence-corrected chi connectivity index (χ1v) is 6.11. The Morgan fingerprint density at radius 2 is 1.73 bits per heavy atom. The molecule has 1 aromatic heterocycles. The number of halogens is 4. The fourth-order valence-electron chi connectivity index (χ4n) is 1.12. The Labute approximate surface area is 112 Å². The van der Waals surface area contributed by atoms with Gasteiger partial charge in [0, 0.05) is 4.47 Å². The normalized spacial score (nSPS) is 10.9. The Kier molecular flexibility index (Phi) is 3.07. The minimum Gasteiger partial charge on any atom is -0.396 e. The molecule has 0 saturated carbocycles. The molecule has 7 heteroatoms. The lowest BCUT2D eigenvalue weighted by Crippen LogP contribution is -1.95. The number of fused-ring (bicyclic) bond motifs is 1. The predicted octanol–water partition coefficient (Wildman–Crippen LogP) is 4.04. The lowest BCUT2D eigenvalue weighted by Gasteiger charge is -2.06. The van der Waals surface area contributed by atoms with Crippen LogP contribution < -0.4 is 5.73 Å². The molecular formula is C8H3Br2Cl2N3. The van der Waals surface area contributed by atoms with Crippen LogP contribution in [-0.4, -0.2) is 9.97 Å². The molecule has 2 N–H and O–H groups in total. The maximum Gasteiger partial charge on any atom is 0.167 e. The summed E-state index contributed by atoms with van der Waals surface area (Å²) in [4.78, 5) is 8.15. The summed E-state index contributed by atoms with van der Waals surface area (Å²) in [7, 11) is 0. The standard InChI is InChI=1S/C8H3Br2Cl2N3/c9-2-1-3-6(5(13)4(2)10)15-8(12)7(11)14-3/h1H,13H2. The Bertz CT molecular complexity index is 554. The highest BCUT2D eigenvalue weighted by Crippen LogP contribution is 2.35. The molecule has 1 heterocycles. The lowest BCUT2D eigenvalue weighted by atomic mass is 10.2. The minimum atomic E-state index is 0.144. The molecule has 0 fully saturated rings. The fourth-order valence-corrected chi connectivity index (χ4v) is 2.11. The van der Waals surface area contributed by atoms with Gasteiger partial charge in [0.15, 0.2) is 10.3 Å². The Morgan fingerprint density at radius 1 is 1.13 bits per heavy atom. The highest BCUT2D eigenvalue weighted by molar-refractivity contribution is 9.13. The van der Waals surface area contributed by atoms with Gasteiger partial charge in [-0.05, 0) is 37.9 Å². The number of benzene rings is 1. The van der Waals surface area contributed by atoms with E-state index in [1.165, 1.54) is 0 Å². The molecule has 0 atom stereocenters. The summed E-state index contributed by atoms with van der Waals surface area (Å²) in [5.74, 6) is 0. The number of nitrogen functional groups attached to an aromatic ring is 1. The molecular weight excluding hydrogens is 369 g/mol. The van der Waals surface area contributed by atoms with E-state index in [2.05, 4.69) is 41.8 Å². The van der Waals surface area contributed by atoms with Crippen LogP contribution in [0.2, 0.25) is 10.3 Å². The van der Waals surface area contributed by atoms with E-state index >= 15 is 0 Å². The van der Waals surface area contributed by atoms with Crippen LogP contribution in [0.1, 0.15) is 0 Å². The van der Waals surface area contributed by atoms with Crippen LogP contribution in [0.25, 0.3) is 11.0 Å². The van der Waals surface area contributed by atoms with Gasteiger partial charge in [-0.15, -0.1) is 0 Å². The lowest BCUT2D eigenvalue weighted by molar-refractivity contribution is 1.29. The summed E-state index contributed by atoms with van der Waals surface area (Å²) >= 11 is 18.2. The van der Waals surface area contributed by atoms with E-state index in [1.807, 2.05) is 0 Å². The summed E-state index contributed by atoms with van der Waals surface area (Å²) in [6, 6.07) is 1.77. The first-order chi connectivity index (χ1) is 7.00. The van der Waals surface area contributed by atoms with E-state index in [4.69, 9.17) is 28.9 Å². The van der Waals surface area contributed by atoms with Crippen molar-refractivity contribution in [3.8, 4) is 0 Å². The first-order valence-electron chi connectivity index (χ1n) is 3.77. The Balaban J connectivity index is 2.93. The first kappa shape index (κ1) is 11.4. The number of nitrogens with zero attached hydrogens (tertiary/aromatic N) is 2. The van der Waals surface area contributed by atoms with Gasteiger partial charge >= 0.3 is 0 Å². The molecule has 0 spiro atoms. The van der Waals surface area contributed by atoms with Crippen molar-refractivity contribution in [3.63, 3.8) is 0 Å². The average molecular weight is 372 g/mol. The summed E-state index contributed by atoms with van der Waals surface area (Å²) < 4.78 is 1.52. The number of aromatic nitrogens is 2. The second-order valence-electron chi connectivity index (χ2n) is 2.76. The molecule has 0 unspecified atom stereocenters. The number of hydrogen-bond donors (Lipinski definition) is 1. The van der Waals surface area contributed by atoms with Crippen molar-refractivity contribution in [1.29, 1.82) is 0 Å². The van der Waals surface area contributed by atoms with E-state index in [1.54, 1.807) is 6.07 Å². The summed E-state index contributed by atoms with van der Waals surface area (Å²) in [6.07, 6.45) is 0. The minimum absolute atomic E-state index is 0.144. The molecule has 0 aliphatic heterocycles. The molecule has 2 aromatic rings. The van der Waals surface area contributed by atoms with Crippen LogP contribution >= 0.6 is 55.1 Å². The molecule has 0 radical (unpaired) electrons. The van der Waals surface area contributed by atoms with Crippen LogP contribution in [0.5, 0.6) is 0 Å². The van der Waals surface area contributed by atoms with Crippen molar-refractivity contribution < 1.29 is 0 Å². The van der Waals surface area contributed by atoms with E-state index in [-0.39, 0.29) is 10.3 Å². The molecule has 0 aliphatic rings. The number of rotatable bonds is 0. The fraction of sp³-hybridized carbons (Fsp3) is 0. The highest BCUT2D eigenvalue weighted by Gasteiger charge is 2.12. The number of hydrogen-bond acceptors (Lipinski definition) is 3. The molecule has 0 amide bonds. The van der Waals surface area contributed by atoms with Crippen LogP contribution in [-0.2, 0) is 0 Å². The van der Waals surface area contributed by atoms with Gasteiger partial charge in [0.1, 0.15) is 5.52 Å². The SMILES string of the molecule is Nc1c(Br)c(Br)cc2nc(Cl)c(Cl)nc12. The van der Waals surface area contributed by atoms with Gasteiger partial charge in [-0.1, -0.05) is 23.2 Å². The molecule has 0 saturated heterocycles. The van der Waals surface area contributed by atoms with Crippen molar-refractivity contribution in [2.75, 3.05) is 5.73 Å². The predicted molar refractivity (Wildman–Crippen MR) is 69.4 cm³/mol. The van der Waals surface area contributed by atoms with E-state index in [0.29, 0.717) is 16.7 Å². The van der Waals surface area contributed by atoms with Gasteiger partial charge in [-0.3, -0.25) is 0 Å². The van der Waals surface area contributed by atoms with E-state index in [0.717, 1.165) is 8.95 Å². The molecule has 0 aliphatic carbocycles. The molecule has 15 heavy (non-hydrogen) atoms. The van der Waals surface area contributed by atoms with Crippen LogP contribution in [0, 0.1) is 0 Å². The largest absolute Gasteiger partial charge is 0.396 e. The van der Waals surface area contributed by atoms with Gasteiger partial charge < -0.3 is 5.73 Å². The summed E-state index contributed by atoms with van der Waals surface area (Å²) in [6.45, 7) is 0. The maximum atomic E-state index is 5.86. The Hall–Kier alpha value is -0.100. The van der Waals surface area contributed by atoms with Crippen molar-refractivity contribution in [1.82, 2.24) is 9.97 Å². The van der Waals surface area contributed by atoms with Gasteiger partial charge in [-0.2, -0.15) is 0 Å². The highest BCUT2D eigenvalue weighted by atomic mass is 79.9. The number of anilines is 1. The van der Waals surface area contributed by atoms with Gasteiger partial charge in [0.2, 0.25) is 0 Å². The van der Waals surface area contributed by atoms with Crippen LogP contribution in [0.3, 0.4) is 0 Å². The zero-order chi connectivity index (χ0) is 11.2. The molecule has 3 nitrogen and oxygen atoms in total. The second kappa shape index (κ2) is 4.05. The van der Waals surface area contributed by atoms with Crippen LogP contribution in [0.4, 0.5) is 5.69 Å². The van der Waals surface area contributed by atoms with Gasteiger partial charge in [0.05, 0.1) is 15.7 Å². The zero-order valence-electron chi connectivity index (χ0n) is 7.06. The third-order valence-electron chi connectivity index (χ3n) is 1.81. The van der Waals surface area contributed by atoms with Crippen molar-refractivity contribution in [3.05, 3.63) is 25.3 Å².